The lowest BCUT2D eigenvalue weighted by Crippen LogP contribution is -2.09. The normalized spacial score (nSPS) is 10.1. The Bertz CT molecular complexity index is 559. The van der Waals surface area contributed by atoms with Crippen molar-refractivity contribution >= 4 is 18.2 Å². The van der Waals surface area contributed by atoms with Gasteiger partial charge in [0, 0.05) is 12.4 Å². The number of nitrogens with one attached hydrogen (secondary N) is 1. The van der Waals surface area contributed by atoms with Gasteiger partial charge in [-0.2, -0.15) is 0 Å². The van der Waals surface area contributed by atoms with Gasteiger partial charge >= 0.3 is 5.97 Å². The van der Waals surface area contributed by atoms with Crippen molar-refractivity contribution in [2.75, 3.05) is 7.11 Å². The Balaban J connectivity index is 2.61. The fraction of sp³-hybridized carbons (Fsp3) is 0.100. The van der Waals surface area contributed by atoms with Gasteiger partial charge in [-0.1, -0.05) is 0 Å². The van der Waals surface area contributed by atoms with Crippen LogP contribution in [0.3, 0.4) is 0 Å². The molecule has 0 aliphatic rings. The Kier molecular flexibility index (Phi) is 2.82. The average Bonchev–Trinajstić information content (AvgIpc) is 2.71. The summed E-state index contributed by atoms with van der Waals surface area (Å²) in [4.78, 5) is 18.3. The second-order valence-corrected chi connectivity index (χ2v) is 3.40. The predicted octanol–water partition coefficient (Wildman–Crippen LogP) is 1.72. The number of methoxy groups -OCH3 is 1. The number of hydrogen-bond acceptors (Lipinski definition) is 4. The highest BCUT2D eigenvalue weighted by Gasteiger charge is 2.14. The molecule has 0 unspecified atom stereocenters. The summed E-state index contributed by atoms with van der Waals surface area (Å²) in [5.74, 6) is -0.448. The lowest BCUT2D eigenvalue weighted by molar-refractivity contribution is 0.0591. The number of aromatic amines is 1. The van der Waals surface area contributed by atoms with Crippen LogP contribution in [0, 0.1) is 4.77 Å². The van der Waals surface area contributed by atoms with Gasteiger partial charge in [0.25, 0.3) is 0 Å². The molecule has 1 N–H and O–H groups in total. The van der Waals surface area contributed by atoms with E-state index < -0.39 is 5.97 Å². The molecule has 0 radical (unpaired) electrons. The van der Waals surface area contributed by atoms with E-state index in [9.17, 15) is 4.79 Å². The minimum Gasteiger partial charge on any atom is -0.464 e. The van der Waals surface area contributed by atoms with Gasteiger partial charge in [0.1, 0.15) is 0 Å². The zero-order valence-electron chi connectivity index (χ0n) is 8.51. The molecule has 0 fully saturated rings. The second-order valence-electron chi connectivity index (χ2n) is 3.02. The van der Waals surface area contributed by atoms with E-state index in [4.69, 9.17) is 12.2 Å². The zero-order chi connectivity index (χ0) is 11.5. The van der Waals surface area contributed by atoms with Gasteiger partial charge in [0.15, 0.2) is 10.5 Å². The maximum Gasteiger partial charge on any atom is 0.356 e. The van der Waals surface area contributed by atoms with E-state index in [0.717, 1.165) is 0 Å². The highest BCUT2D eigenvalue weighted by Crippen LogP contribution is 2.11. The first kappa shape index (κ1) is 10.6. The molecule has 2 heterocycles. The van der Waals surface area contributed by atoms with Crippen LogP contribution >= 0.6 is 12.2 Å². The summed E-state index contributed by atoms with van der Waals surface area (Å²) in [5.41, 5.74) is 1.06. The summed E-state index contributed by atoms with van der Waals surface area (Å²) < 4.78 is 6.67. The third kappa shape index (κ3) is 1.74. The molecule has 0 aliphatic carbocycles. The number of carbonyl (C=O) groups excluding carboxylic acids is 1. The average molecular weight is 235 g/mol. The molecule has 16 heavy (non-hydrogen) atoms. The smallest absolute Gasteiger partial charge is 0.356 e. The van der Waals surface area contributed by atoms with E-state index >= 15 is 0 Å². The summed E-state index contributed by atoms with van der Waals surface area (Å²) in [6.07, 6.45) is 4.79. The number of H-pyrrole nitrogens is 1. The lowest BCUT2D eigenvalue weighted by atomic mass is 10.4. The molecule has 0 saturated carbocycles. The molecule has 2 aromatic rings. The van der Waals surface area contributed by atoms with E-state index in [0.29, 0.717) is 16.2 Å². The monoisotopic (exact) mass is 235 g/mol. The van der Waals surface area contributed by atoms with Crippen molar-refractivity contribution in [3.63, 3.8) is 0 Å². The number of rotatable bonds is 2. The number of aromatic nitrogens is 3. The first-order chi connectivity index (χ1) is 7.74. The van der Waals surface area contributed by atoms with Gasteiger partial charge in [-0.3, -0.25) is 9.55 Å². The molecule has 0 saturated heterocycles. The Hall–Kier alpha value is -1.95. The van der Waals surface area contributed by atoms with Crippen molar-refractivity contribution in [3.05, 3.63) is 41.2 Å². The van der Waals surface area contributed by atoms with Crippen LogP contribution in [0.2, 0.25) is 0 Å². The summed E-state index contributed by atoms with van der Waals surface area (Å²) in [5, 5.41) is 0. The lowest BCUT2D eigenvalue weighted by Gasteiger charge is -2.05. The molecule has 0 spiro atoms. The SMILES string of the molecule is COC(=O)c1c[nH]c(=S)n1-c1cccnc1. The van der Waals surface area contributed by atoms with Crippen LogP contribution in [0.4, 0.5) is 0 Å². The number of esters is 1. The molecule has 2 rings (SSSR count). The summed E-state index contributed by atoms with van der Waals surface area (Å²) in [7, 11) is 1.33. The minimum atomic E-state index is -0.448. The number of imidazole rings is 1. The second kappa shape index (κ2) is 4.28. The van der Waals surface area contributed by atoms with E-state index in [1.54, 1.807) is 23.0 Å². The van der Waals surface area contributed by atoms with Crippen molar-refractivity contribution in [2.45, 2.75) is 0 Å². The van der Waals surface area contributed by atoms with Crippen LogP contribution < -0.4 is 0 Å². The van der Waals surface area contributed by atoms with Crippen LogP contribution in [-0.2, 0) is 4.74 Å². The molecule has 0 atom stereocenters. The highest BCUT2D eigenvalue weighted by molar-refractivity contribution is 7.71. The summed E-state index contributed by atoms with van der Waals surface area (Å²) in [6.45, 7) is 0. The molecular weight excluding hydrogens is 226 g/mol. The van der Waals surface area contributed by atoms with Gasteiger partial charge in [-0.05, 0) is 24.4 Å². The van der Waals surface area contributed by atoms with Crippen molar-refractivity contribution in [1.29, 1.82) is 0 Å². The first-order valence-corrected chi connectivity index (χ1v) is 4.94. The topological polar surface area (TPSA) is 59.9 Å². The standard InChI is InChI=1S/C10H9N3O2S/c1-15-9(14)8-6-12-10(16)13(8)7-3-2-4-11-5-7/h2-6H,1H3,(H,12,16). The highest BCUT2D eigenvalue weighted by atomic mass is 32.1. The van der Waals surface area contributed by atoms with Gasteiger partial charge in [-0.25, -0.2) is 4.79 Å². The quantitative estimate of drug-likeness (QED) is 0.636. The molecule has 0 aliphatic heterocycles. The molecule has 82 valence electrons. The van der Waals surface area contributed by atoms with Crippen LogP contribution in [0.25, 0.3) is 5.69 Å². The van der Waals surface area contributed by atoms with Crippen molar-refractivity contribution in [1.82, 2.24) is 14.5 Å². The number of pyridine rings is 1. The van der Waals surface area contributed by atoms with Crippen LogP contribution in [-0.4, -0.2) is 27.6 Å². The first-order valence-electron chi connectivity index (χ1n) is 4.53. The number of ether oxygens (including phenoxy) is 1. The van der Waals surface area contributed by atoms with Crippen molar-refractivity contribution in [3.8, 4) is 5.69 Å². The summed E-state index contributed by atoms with van der Waals surface area (Å²) >= 11 is 5.09. The number of hydrogen-bond donors (Lipinski definition) is 1. The molecule has 5 nitrogen and oxygen atoms in total. The Morgan fingerprint density at radius 3 is 3.06 bits per heavy atom. The van der Waals surface area contributed by atoms with E-state index in [1.807, 2.05) is 6.07 Å². The molecular formula is C10H9N3O2S. The van der Waals surface area contributed by atoms with Crippen LogP contribution in [0.1, 0.15) is 10.5 Å². The van der Waals surface area contributed by atoms with Gasteiger partial charge in [-0.15, -0.1) is 0 Å². The Labute approximate surface area is 96.7 Å². The maximum atomic E-state index is 11.5. The third-order valence-electron chi connectivity index (χ3n) is 2.08. The van der Waals surface area contributed by atoms with Crippen molar-refractivity contribution in [2.24, 2.45) is 0 Å². The fourth-order valence-corrected chi connectivity index (χ4v) is 1.63. The molecule has 0 aromatic carbocycles. The Morgan fingerprint density at radius 2 is 2.44 bits per heavy atom. The molecule has 0 amide bonds. The molecule has 2 aromatic heterocycles. The number of nitrogens with zero attached hydrogens (tertiary/aromatic N) is 2. The van der Waals surface area contributed by atoms with E-state index in [2.05, 4.69) is 14.7 Å². The van der Waals surface area contributed by atoms with E-state index in [1.165, 1.54) is 13.3 Å². The van der Waals surface area contributed by atoms with Gasteiger partial charge < -0.3 is 9.72 Å². The molecule has 6 heteroatoms. The summed E-state index contributed by atoms with van der Waals surface area (Å²) in [6, 6.07) is 3.58. The number of carbonyl (C=O) groups is 1. The predicted molar refractivity (Wildman–Crippen MR) is 60.1 cm³/mol. The third-order valence-corrected chi connectivity index (χ3v) is 2.38. The molecule has 0 bridgehead atoms. The van der Waals surface area contributed by atoms with Gasteiger partial charge in [0.05, 0.1) is 19.0 Å². The van der Waals surface area contributed by atoms with Crippen LogP contribution in [0.15, 0.2) is 30.7 Å². The fourth-order valence-electron chi connectivity index (χ4n) is 1.37. The van der Waals surface area contributed by atoms with Crippen LogP contribution in [0.5, 0.6) is 0 Å². The Morgan fingerprint density at radius 1 is 1.62 bits per heavy atom. The van der Waals surface area contributed by atoms with Gasteiger partial charge in [0.2, 0.25) is 0 Å². The maximum absolute atomic E-state index is 11.5. The largest absolute Gasteiger partial charge is 0.464 e. The minimum absolute atomic E-state index is 0.348. The van der Waals surface area contributed by atoms with E-state index in [-0.39, 0.29) is 0 Å². The zero-order valence-corrected chi connectivity index (χ0v) is 9.32. The van der Waals surface area contributed by atoms with Crippen molar-refractivity contribution < 1.29 is 9.53 Å².